The summed E-state index contributed by atoms with van der Waals surface area (Å²) in [6.45, 7) is 2.81. The van der Waals surface area contributed by atoms with Crippen molar-refractivity contribution in [2.45, 2.75) is 56.1 Å². The van der Waals surface area contributed by atoms with Crippen LogP contribution in [0.4, 0.5) is 10.2 Å². The van der Waals surface area contributed by atoms with E-state index < -0.39 is 5.82 Å². The number of aromatic hydroxyl groups is 1. The number of likely N-dealkylation sites (N-methyl/N-ethyl adjacent to an activating group) is 1. The Balaban J connectivity index is 1.34. The molecular formula is C32H34FN7O2. The van der Waals surface area contributed by atoms with Gasteiger partial charge in [-0.1, -0.05) is 24.3 Å². The monoisotopic (exact) mass is 567 g/mol. The second kappa shape index (κ2) is 10.6. The summed E-state index contributed by atoms with van der Waals surface area (Å²) in [5.74, 6) is 0.0623. The molecule has 0 saturated carbocycles. The minimum Gasteiger partial charge on any atom is -0.508 e. The number of ether oxygens (including phenoxy) is 1. The van der Waals surface area contributed by atoms with Gasteiger partial charge in [-0.2, -0.15) is 15.2 Å². The van der Waals surface area contributed by atoms with Crippen LogP contribution in [0.15, 0.2) is 42.6 Å². The maximum atomic E-state index is 16.6. The van der Waals surface area contributed by atoms with E-state index in [1.165, 1.54) is 0 Å². The smallest absolute Gasteiger partial charge is 0.319 e. The van der Waals surface area contributed by atoms with Crippen molar-refractivity contribution in [3.05, 3.63) is 48.4 Å². The predicted octanol–water partition coefficient (Wildman–Crippen LogP) is 4.78. The highest BCUT2D eigenvalue weighted by atomic mass is 19.1. The van der Waals surface area contributed by atoms with E-state index in [0.29, 0.717) is 42.9 Å². The summed E-state index contributed by atoms with van der Waals surface area (Å²) < 4.78 is 22.8. The quantitative estimate of drug-likeness (QED) is 0.326. The number of nitrogens with zero attached hydrogens (tertiary/aromatic N) is 6. The second-order valence-corrected chi connectivity index (χ2v) is 12.0. The number of pyridine rings is 1. The third kappa shape index (κ3) is 4.76. The van der Waals surface area contributed by atoms with Crippen LogP contribution >= 0.6 is 0 Å². The molecule has 0 aliphatic carbocycles. The Morgan fingerprint density at radius 2 is 2.10 bits per heavy atom. The SMILES string of the molecule is CN1CCC[C@H]1COc1nc(N2CC3CCC(CCC#N)(C2)N3)c2cnc(-c3cc(O)cc4ccccc34)c(F)c2n1. The summed E-state index contributed by atoms with van der Waals surface area (Å²) in [4.78, 5) is 18.5. The summed E-state index contributed by atoms with van der Waals surface area (Å²) in [6.07, 6.45) is 7.01. The van der Waals surface area contributed by atoms with E-state index in [2.05, 4.69) is 38.2 Å². The number of nitriles is 1. The van der Waals surface area contributed by atoms with Gasteiger partial charge in [-0.05, 0) is 68.6 Å². The molecule has 216 valence electrons. The molecule has 42 heavy (non-hydrogen) atoms. The highest BCUT2D eigenvalue weighted by Crippen LogP contribution is 2.40. The summed E-state index contributed by atoms with van der Waals surface area (Å²) in [6, 6.07) is 13.7. The Morgan fingerprint density at radius 3 is 2.93 bits per heavy atom. The largest absolute Gasteiger partial charge is 0.508 e. The molecule has 2 bridgehead atoms. The zero-order valence-corrected chi connectivity index (χ0v) is 23.7. The lowest BCUT2D eigenvalue weighted by molar-refractivity contribution is 0.188. The van der Waals surface area contributed by atoms with Gasteiger partial charge in [0.1, 0.15) is 29.4 Å². The van der Waals surface area contributed by atoms with E-state index in [-0.39, 0.29) is 40.6 Å². The van der Waals surface area contributed by atoms with Crippen LogP contribution in [0.5, 0.6) is 11.8 Å². The van der Waals surface area contributed by atoms with Gasteiger partial charge in [0.2, 0.25) is 0 Å². The van der Waals surface area contributed by atoms with Crippen molar-refractivity contribution in [2.24, 2.45) is 0 Å². The molecule has 2 unspecified atom stereocenters. The fourth-order valence-corrected chi connectivity index (χ4v) is 7.08. The van der Waals surface area contributed by atoms with Crippen molar-refractivity contribution in [1.82, 2.24) is 25.2 Å². The fraction of sp³-hybridized carbons (Fsp3) is 0.438. The molecule has 2 N–H and O–H groups in total. The van der Waals surface area contributed by atoms with Crippen LogP contribution in [-0.2, 0) is 0 Å². The van der Waals surface area contributed by atoms with Crippen molar-refractivity contribution in [2.75, 3.05) is 38.2 Å². The van der Waals surface area contributed by atoms with Crippen molar-refractivity contribution in [3.8, 4) is 29.1 Å². The minimum atomic E-state index is -0.577. The van der Waals surface area contributed by atoms with Gasteiger partial charge in [0, 0.05) is 48.9 Å². The Bertz CT molecular complexity index is 1710. The Hall–Kier alpha value is -4.07. The fourth-order valence-electron chi connectivity index (χ4n) is 7.08. The predicted molar refractivity (Wildman–Crippen MR) is 159 cm³/mol. The van der Waals surface area contributed by atoms with E-state index in [1.807, 2.05) is 24.3 Å². The van der Waals surface area contributed by atoms with Crippen LogP contribution in [-0.4, -0.2) is 75.9 Å². The Kier molecular flexibility index (Phi) is 6.79. The van der Waals surface area contributed by atoms with Crippen molar-refractivity contribution in [1.29, 1.82) is 5.26 Å². The van der Waals surface area contributed by atoms with Crippen LogP contribution < -0.4 is 15.0 Å². The molecular weight excluding hydrogens is 533 g/mol. The first kappa shape index (κ1) is 26.8. The van der Waals surface area contributed by atoms with E-state index >= 15 is 4.39 Å². The van der Waals surface area contributed by atoms with Crippen LogP contribution in [0.2, 0.25) is 0 Å². The van der Waals surface area contributed by atoms with Crippen LogP contribution in [0.3, 0.4) is 0 Å². The van der Waals surface area contributed by atoms with Crippen LogP contribution in [0.1, 0.15) is 38.5 Å². The maximum absolute atomic E-state index is 16.6. The van der Waals surface area contributed by atoms with Gasteiger partial charge < -0.3 is 25.0 Å². The molecule has 3 fully saturated rings. The third-order valence-electron chi connectivity index (χ3n) is 9.25. The summed E-state index contributed by atoms with van der Waals surface area (Å²) in [7, 11) is 2.09. The Labute approximate surface area is 244 Å². The van der Waals surface area contributed by atoms with Gasteiger partial charge in [0.25, 0.3) is 0 Å². The molecule has 5 heterocycles. The van der Waals surface area contributed by atoms with Gasteiger partial charge >= 0.3 is 6.01 Å². The molecule has 2 aromatic carbocycles. The summed E-state index contributed by atoms with van der Waals surface area (Å²) in [5, 5.41) is 25.6. The lowest BCUT2D eigenvalue weighted by Gasteiger charge is -2.42. The normalized spacial score (nSPS) is 24.0. The number of phenols is 1. The van der Waals surface area contributed by atoms with Crippen molar-refractivity contribution < 1.29 is 14.2 Å². The average molecular weight is 568 g/mol. The van der Waals surface area contributed by atoms with Crippen molar-refractivity contribution >= 4 is 27.5 Å². The average Bonchev–Trinajstić information content (AvgIpc) is 3.55. The number of rotatable bonds is 7. The summed E-state index contributed by atoms with van der Waals surface area (Å²) in [5.41, 5.74) is 0.572. The lowest BCUT2D eigenvalue weighted by Crippen LogP contribution is -2.59. The zero-order chi connectivity index (χ0) is 28.8. The second-order valence-electron chi connectivity index (χ2n) is 12.0. The highest BCUT2D eigenvalue weighted by molar-refractivity contribution is 5.99. The van der Waals surface area contributed by atoms with E-state index in [4.69, 9.17) is 9.72 Å². The van der Waals surface area contributed by atoms with Gasteiger partial charge in [0.15, 0.2) is 5.82 Å². The molecule has 0 amide bonds. The molecule has 0 spiro atoms. The zero-order valence-electron chi connectivity index (χ0n) is 23.7. The molecule has 9 nitrogen and oxygen atoms in total. The number of halogens is 1. The maximum Gasteiger partial charge on any atom is 0.319 e. The number of fused-ring (bicyclic) bond motifs is 4. The number of phenolic OH excluding ortho intramolecular Hbond substituents is 1. The molecule has 3 atom stereocenters. The first-order chi connectivity index (χ1) is 20.4. The Morgan fingerprint density at radius 1 is 1.21 bits per heavy atom. The molecule has 10 heteroatoms. The van der Waals surface area contributed by atoms with Crippen molar-refractivity contribution in [3.63, 3.8) is 0 Å². The number of aromatic nitrogens is 3. The first-order valence-electron chi connectivity index (χ1n) is 14.7. The van der Waals surface area contributed by atoms with Gasteiger partial charge in [-0.25, -0.2) is 4.39 Å². The number of likely N-dealkylation sites (tertiary alicyclic amines) is 1. The van der Waals surface area contributed by atoms with Gasteiger partial charge in [0.05, 0.1) is 11.5 Å². The molecule has 4 aromatic rings. The molecule has 3 saturated heterocycles. The van der Waals surface area contributed by atoms with E-state index in [0.717, 1.165) is 49.4 Å². The van der Waals surface area contributed by atoms with Crippen LogP contribution in [0.25, 0.3) is 32.9 Å². The standard InChI is InChI=1S/C32H34FN7O2/c1-39-13-4-7-22(39)18-42-31-36-29-26(30(37-31)40-17-21-9-11-32(19-40,38-21)10-5-12-34)16-35-28(27(29)33)25-15-23(41)14-20-6-2-3-8-24(20)25/h2-3,6,8,14-16,21-22,38,41H,4-5,7,9-11,13,17-19H2,1H3/t21?,22-,32?/m0/s1. The summed E-state index contributed by atoms with van der Waals surface area (Å²) >= 11 is 0. The van der Waals surface area contributed by atoms with E-state index in [9.17, 15) is 10.4 Å². The number of hydrogen-bond acceptors (Lipinski definition) is 9. The number of anilines is 1. The van der Waals surface area contributed by atoms with Gasteiger partial charge in [-0.3, -0.25) is 4.98 Å². The lowest BCUT2D eigenvalue weighted by atomic mass is 9.91. The highest BCUT2D eigenvalue weighted by Gasteiger charge is 2.45. The van der Waals surface area contributed by atoms with E-state index in [1.54, 1.807) is 18.3 Å². The molecule has 7 rings (SSSR count). The number of benzene rings is 2. The van der Waals surface area contributed by atoms with Crippen LogP contribution in [0, 0.1) is 17.1 Å². The molecule has 3 aliphatic heterocycles. The number of nitrogens with one attached hydrogen (secondary N) is 1. The topological polar surface area (TPSA) is 110 Å². The third-order valence-corrected chi connectivity index (χ3v) is 9.25. The minimum absolute atomic E-state index is 0.0389. The molecule has 3 aliphatic rings. The first-order valence-corrected chi connectivity index (χ1v) is 14.7. The molecule has 0 radical (unpaired) electrons. The number of hydrogen-bond donors (Lipinski definition) is 2. The van der Waals surface area contributed by atoms with Gasteiger partial charge in [-0.15, -0.1) is 0 Å². The number of piperazine rings is 1. The molecule has 2 aromatic heterocycles.